The fraction of sp³-hybridized carbons (Fsp3) is 0.467. The molecule has 1 heterocycles. The zero-order valence-corrected chi connectivity index (χ0v) is 13.4. The molecule has 0 saturated carbocycles. The third-order valence-corrected chi connectivity index (χ3v) is 3.70. The Morgan fingerprint density at radius 2 is 1.96 bits per heavy atom. The third-order valence-electron chi connectivity index (χ3n) is 3.70. The van der Waals surface area contributed by atoms with Crippen molar-refractivity contribution in [3.8, 4) is 5.75 Å². The number of amides is 1. The Bertz CT molecular complexity index is 594. The first-order chi connectivity index (χ1) is 10.8. The summed E-state index contributed by atoms with van der Waals surface area (Å²) in [5.41, 5.74) is 0.284. The van der Waals surface area contributed by atoms with Gasteiger partial charge in [-0.1, -0.05) is 18.2 Å². The highest BCUT2D eigenvalue weighted by Crippen LogP contribution is 2.27. The fourth-order valence-electron chi connectivity index (χ4n) is 2.52. The van der Waals surface area contributed by atoms with Gasteiger partial charge in [0.05, 0.1) is 5.92 Å². The van der Waals surface area contributed by atoms with E-state index in [4.69, 9.17) is 5.11 Å². The lowest BCUT2D eigenvalue weighted by Crippen LogP contribution is -2.30. The summed E-state index contributed by atoms with van der Waals surface area (Å²) in [6.45, 7) is 0.505. The van der Waals surface area contributed by atoms with Crippen LogP contribution in [0.5, 0.6) is 5.75 Å². The van der Waals surface area contributed by atoms with Crippen molar-refractivity contribution in [2.24, 2.45) is 5.92 Å². The van der Waals surface area contributed by atoms with Gasteiger partial charge in [-0.05, 0) is 24.5 Å². The molecule has 1 N–H and O–H groups in total. The van der Waals surface area contributed by atoms with Gasteiger partial charge in [-0.2, -0.15) is 0 Å². The highest BCUT2D eigenvalue weighted by atomic mass is 35.5. The number of hydrogen-bond acceptors (Lipinski definition) is 3. The van der Waals surface area contributed by atoms with E-state index in [2.05, 4.69) is 4.74 Å². The summed E-state index contributed by atoms with van der Waals surface area (Å²) in [5.74, 6) is -2.10. The number of alkyl halides is 3. The molecule has 24 heavy (non-hydrogen) atoms. The average Bonchev–Trinajstić information content (AvgIpc) is 2.94. The number of likely N-dealkylation sites (tertiary alicyclic amines) is 1. The Hall–Kier alpha value is -1.96. The predicted molar refractivity (Wildman–Crippen MR) is 81.0 cm³/mol. The van der Waals surface area contributed by atoms with E-state index in [9.17, 15) is 22.8 Å². The molecule has 5 nitrogen and oxygen atoms in total. The van der Waals surface area contributed by atoms with E-state index >= 15 is 0 Å². The minimum Gasteiger partial charge on any atom is -0.481 e. The molecule has 1 saturated heterocycles. The molecular weight excluding hydrogens is 351 g/mol. The van der Waals surface area contributed by atoms with E-state index in [1.54, 1.807) is 6.07 Å². The summed E-state index contributed by atoms with van der Waals surface area (Å²) in [7, 11) is 0. The maximum atomic E-state index is 12.3. The van der Waals surface area contributed by atoms with E-state index in [0.29, 0.717) is 13.0 Å². The molecule has 0 radical (unpaired) electrons. The number of carbonyl (C=O) groups is 2. The second-order valence-corrected chi connectivity index (χ2v) is 5.32. The number of ether oxygens (including phenoxy) is 1. The van der Waals surface area contributed by atoms with Crippen LogP contribution in [0, 0.1) is 5.92 Å². The Balaban J connectivity index is 0.00000288. The van der Waals surface area contributed by atoms with Crippen molar-refractivity contribution in [1.29, 1.82) is 0 Å². The van der Waals surface area contributed by atoms with Gasteiger partial charge in [0.2, 0.25) is 5.91 Å². The Morgan fingerprint density at radius 1 is 1.29 bits per heavy atom. The standard InChI is InChI=1S/C15H16F3NO4.ClH/c16-15(17,18)23-12-4-2-1-3-10(12)5-6-13(20)19-8-7-11(9-19)14(21)22;/h1-4,11H,5-9H2,(H,21,22);1H. The number of benzene rings is 1. The molecular formula is C15H17ClF3NO4. The van der Waals surface area contributed by atoms with Gasteiger partial charge in [0.25, 0.3) is 0 Å². The molecule has 0 bridgehead atoms. The SMILES string of the molecule is Cl.O=C(O)C1CCN(C(=O)CCc2ccccc2OC(F)(F)F)C1. The normalized spacial score (nSPS) is 17.3. The van der Waals surface area contributed by atoms with Gasteiger partial charge >= 0.3 is 12.3 Å². The molecule has 1 amide bonds. The summed E-state index contributed by atoms with van der Waals surface area (Å²) in [6.07, 6.45) is -4.29. The van der Waals surface area contributed by atoms with Gasteiger partial charge in [-0.3, -0.25) is 9.59 Å². The van der Waals surface area contributed by atoms with Crippen LogP contribution in [0.3, 0.4) is 0 Å². The van der Waals surface area contributed by atoms with Crippen molar-refractivity contribution in [2.75, 3.05) is 13.1 Å². The number of para-hydroxylation sites is 1. The zero-order chi connectivity index (χ0) is 17.0. The Kier molecular flexibility index (Phi) is 6.89. The lowest BCUT2D eigenvalue weighted by Gasteiger charge is -2.17. The Labute approximate surface area is 142 Å². The van der Waals surface area contributed by atoms with Gasteiger partial charge in [0.15, 0.2) is 0 Å². The minimum absolute atomic E-state index is 0. The number of hydrogen-bond donors (Lipinski definition) is 1. The predicted octanol–water partition coefficient (Wildman–Crippen LogP) is 2.87. The lowest BCUT2D eigenvalue weighted by atomic mass is 10.1. The minimum atomic E-state index is -4.79. The second-order valence-electron chi connectivity index (χ2n) is 5.32. The Morgan fingerprint density at radius 3 is 2.54 bits per heavy atom. The van der Waals surface area contributed by atoms with E-state index in [1.807, 2.05) is 0 Å². The number of nitrogens with zero attached hydrogens (tertiary/aromatic N) is 1. The molecule has 1 fully saturated rings. The highest BCUT2D eigenvalue weighted by Gasteiger charge is 2.33. The van der Waals surface area contributed by atoms with Crippen LogP contribution in [-0.4, -0.2) is 41.3 Å². The summed E-state index contributed by atoms with van der Waals surface area (Å²) >= 11 is 0. The van der Waals surface area contributed by atoms with Crippen LogP contribution >= 0.6 is 12.4 Å². The van der Waals surface area contributed by atoms with Crippen LogP contribution < -0.4 is 4.74 Å². The largest absolute Gasteiger partial charge is 0.573 e. The van der Waals surface area contributed by atoms with Crippen LogP contribution in [0.4, 0.5) is 13.2 Å². The van der Waals surface area contributed by atoms with Gasteiger partial charge in [-0.25, -0.2) is 0 Å². The summed E-state index contributed by atoms with van der Waals surface area (Å²) in [5, 5.41) is 8.90. The van der Waals surface area contributed by atoms with Crippen molar-refractivity contribution in [2.45, 2.75) is 25.6 Å². The van der Waals surface area contributed by atoms with Crippen molar-refractivity contribution in [1.82, 2.24) is 4.90 Å². The van der Waals surface area contributed by atoms with E-state index in [0.717, 1.165) is 0 Å². The zero-order valence-electron chi connectivity index (χ0n) is 12.6. The summed E-state index contributed by atoms with van der Waals surface area (Å²) in [6, 6.07) is 5.66. The van der Waals surface area contributed by atoms with Gasteiger partial charge in [0, 0.05) is 19.5 Å². The van der Waals surface area contributed by atoms with Gasteiger partial charge in [0.1, 0.15) is 5.75 Å². The lowest BCUT2D eigenvalue weighted by molar-refractivity contribution is -0.274. The topological polar surface area (TPSA) is 66.8 Å². The number of carboxylic acids is 1. The molecule has 1 aromatic carbocycles. The van der Waals surface area contributed by atoms with Gasteiger partial charge in [-0.15, -0.1) is 25.6 Å². The van der Waals surface area contributed by atoms with Crippen molar-refractivity contribution in [3.63, 3.8) is 0 Å². The number of carboxylic acid groups (broad SMARTS) is 1. The molecule has 1 unspecified atom stereocenters. The molecule has 134 valence electrons. The first kappa shape index (κ1) is 20.1. The van der Waals surface area contributed by atoms with E-state index in [1.165, 1.54) is 23.1 Å². The summed E-state index contributed by atoms with van der Waals surface area (Å²) < 4.78 is 40.9. The molecule has 1 atom stereocenters. The molecule has 0 spiro atoms. The number of aliphatic carboxylic acids is 1. The fourth-order valence-corrected chi connectivity index (χ4v) is 2.52. The smallest absolute Gasteiger partial charge is 0.481 e. The second kappa shape index (κ2) is 8.23. The third kappa shape index (κ3) is 5.59. The molecule has 0 aliphatic carbocycles. The van der Waals surface area contributed by atoms with Crippen molar-refractivity contribution < 1.29 is 32.6 Å². The van der Waals surface area contributed by atoms with E-state index in [-0.39, 0.29) is 49.0 Å². The van der Waals surface area contributed by atoms with Crippen molar-refractivity contribution >= 4 is 24.3 Å². The first-order valence-corrected chi connectivity index (χ1v) is 7.10. The summed E-state index contributed by atoms with van der Waals surface area (Å²) in [4.78, 5) is 24.4. The van der Waals surface area contributed by atoms with Crippen LogP contribution in [0.25, 0.3) is 0 Å². The maximum absolute atomic E-state index is 12.3. The van der Waals surface area contributed by atoms with Crippen LogP contribution in [0.15, 0.2) is 24.3 Å². The molecule has 1 aliphatic heterocycles. The van der Waals surface area contributed by atoms with E-state index < -0.39 is 18.2 Å². The molecule has 1 aliphatic rings. The number of rotatable bonds is 5. The molecule has 1 aromatic rings. The highest BCUT2D eigenvalue weighted by molar-refractivity contribution is 5.85. The van der Waals surface area contributed by atoms with Crippen LogP contribution in [0.1, 0.15) is 18.4 Å². The molecule has 9 heteroatoms. The monoisotopic (exact) mass is 367 g/mol. The maximum Gasteiger partial charge on any atom is 0.573 e. The first-order valence-electron chi connectivity index (χ1n) is 7.10. The quantitative estimate of drug-likeness (QED) is 0.869. The number of aryl methyl sites for hydroxylation is 1. The average molecular weight is 368 g/mol. The van der Waals surface area contributed by atoms with Crippen LogP contribution in [-0.2, 0) is 16.0 Å². The van der Waals surface area contributed by atoms with Gasteiger partial charge < -0.3 is 14.7 Å². The van der Waals surface area contributed by atoms with Crippen molar-refractivity contribution in [3.05, 3.63) is 29.8 Å². The number of carbonyl (C=O) groups excluding carboxylic acids is 1. The van der Waals surface area contributed by atoms with Crippen LogP contribution in [0.2, 0.25) is 0 Å². The number of halogens is 4. The molecule has 2 rings (SSSR count). The molecule has 0 aromatic heterocycles.